The minimum absolute atomic E-state index is 0.0285. The maximum absolute atomic E-state index is 11.4. The van der Waals surface area contributed by atoms with E-state index in [1.807, 2.05) is 6.07 Å². The van der Waals surface area contributed by atoms with E-state index in [-0.39, 0.29) is 22.7 Å². The molecule has 1 aromatic rings. The molecule has 0 unspecified atom stereocenters. The maximum Gasteiger partial charge on any atom is 0.335 e. The van der Waals surface area contributed by atoms with Crippen LogP contribution in [0, 0.1) is 28.6 Å². The zero-order valence-corrected chi connectivity index (χ0v) is 17.0. The average Bonchev–Trinajstić information content (AvgIpc) is 3.33. The highest BCUT2D eigenvalue weighted by molar-refractivity contribution is 5.35. The number of aliphatic hydroxyl groups is 1. The standard InChI is InChI=1S/C24H32O4/c1-22-9-7-16(25)11-15(22)4-5-18-17(22)8-10-23(2)19(12-20-24(18,23)28-20)14-3-6-21(26)27-13-14/h3,6,13,15-20,25H,4-5,7-12H2,1-2H3/t15-,16+,17-,18-,19-,20+,22+,23+,24-/m1/s1. The SMILES string of the molecule is C[C@]12CC[C@H](O)C[C@H]1CC[C@@H]1[C@H]2CC[C@@]2(C)[C@@H](c3ccc(=O)oc3)C[C@@H]3O[C@@]312. The fourth-order valence-corrected chi connectivity index (χ4v) is 8.74. The van der Waals surface area contributed by atoms with Crippen LogP contribution in [-0.4, -0.2) is 22.9 Å². The van der Waals surface area contributed by atoms with Crippen molar-refractivity contribution >= 4 is 0 Å². The Bertz CT molecular complexity index is 842. The van der Waals surface area contributed by atoms with E-state index in [4.69, 9.17) is 9.15 Å². The van der Waals surface area contributed by atoms with Crippen LogP contribution in [-0.2, 0) is 4.74 Å². The molecule has 4 nitrogen and oxygen atoms in total. The number of epoxide rings is 1. The molecular weight excluding hydrogens is 352 g/mol. The molecule has 2 heterocycles. The van der Waals surface area contributed by atoms with Crippen molar-refractivity contribution < 1.29 is 14.3 Å². The molecule has 5 aliphatic rings. The van der Waals surface area contributed by atoms with Crippen molar-refractivity contribution in [3.63, 3.8) is 0 Å². The van der Waals surface area contributed by atoms with Gasteiger partial charge in [0.2, 0.25) is 0 Å². The molecular formula is C24H32O4. The monoisotopic (exact) mass is 384 g/mol. The number of ether oxygens (including phenoxy) is 1. The normalized spacial score (nSPS) is 54.2. The second kappa shape index (κ2) is 5.51. The van der Waals surface area contributed by atoms with E-state index < -0.39 is 0 Å². The minimum atomic E-state index is -0.266. The molecule has 0 aromatic carbocycles. The van der Waals surface area contributed by atoms with Crippen LogP contribution in [0.1, 0.15) is 76.7 Å². The third kappa shape index (κ3) is 2.01. The Kier molecular flexibility index (Phi) is 3.49. The van der Waals surface area contributed by atoms with Crippen LogP contribution in [0.3, 0.4) is 0 Å². The van der Waals surface area contributed by atoms with Gasteiger partial charge in [-0.05, 0) is 92.1 Å². The Balaban J connectivity index is 1.36. The first-order valence-electron chi connectivity index (χ1n) is 11.3. The Morgan fingerprint density at radius 2 is 1.89 bits per heavy atom. The Hall–Kier alpha value is -1.13. The smallest absolute Gasteiger partial charge is 0.335 e. The second-order valence-electron chi connectivity index (χ2n) is 11.0. The van der Waals surface area contributed by atoms with Gasteiger partial charge in [0, 0.05) is 11.5 Å². The molecule has 4 heteroatoms. The first-order valence-corrected chi connectivity index (χ1v) is 11.3. The lowest BCUT2D eigenvalue weighted by atomic mass is 9.44. The summed E-state index contributed by atoms with van der Waals surface area (Å²) in [6.07, 6.45) is 11.1. The molecule has 152 valence electrons. The molecule has 28 heavy (non-hydrogen) atoms. The van der Waals surface area contributed by atoms with Crippen LogP contribution >= 0.6 is 0 Å². The number of hydrogen-bond donors (Lipinski definition) is 1. The average molecular weight is 385 g/mol. The van der Waals surface area contributed by atoms with Gasteiger partial charge in [0.1, 0.15) is 5.60 Å². The Morgan fingerprint density at radius 3 is 2.68 bits per heavy atom. The molecule has 1 N–H and O–H groups in total. The highest BCUT2D eigenvalue weighted by Crippen LogP contribution is 2.77. The summed E-state index contributed by atoms with van der Waals surface area (Å²) in [7, 11) is 0. The van der Waals surface area contributed by atoms with E-state index >= 15 is 0 Å². The van der Waals surface area contributed by atoms with Gasteiger partial charge in [-0.15, -0.1) is 0 Å². The third-order valence-corrected chi connectivity index (χ3v) is 10.2. The lowest BCUT2D eigenvalue weighted by Gasteiger charge is -2.61. The van der Waals surface area contributed by atoms with Crippen molar-refractivity contribution in [3.8, 4) is 0 Å². The molecule has 6 rings (SSSR count). The third-order valence-electron chi connectivity index (χ3n) is 10.2. The van der Waals surface area contributed by atoms with Gasteiger partial charge in [0.15, 0.2) is 0 Å². The Labute approximate surface area is 166 Å². The zero-order chi connectivity index (χ0) is 19.3. The first kappa shape index (κ1) is 17.7. The van der Waals surface area contributed by atoms with E-state index in [1.165, 1.54) is 37.7 Å². The predicted molar refractivity (Wildman–Crippen MR) is 105 cm³/mol. The van der Waals surface area contributed by atoms with Gasteiger partial charge in [0.05, 0.1) is 18.5 Å². The van der Waals surface area contributed by atoms with Gasteiger partial charge in [-0.1, -0.05) is 13.8 Å². The Morgan fingerprint density at radius 1 is 1.04 bits per heavy atom. The molecule has 0 radical (unpaired) electrons. The molecule has 5 fully saturated rings. The summed E-state index contributed by atoms with van der Waals surface area (Å²) >= 11 is 0. The lowest BCUT2D eigenvalue weighted by Crippen LogP contribution is -2.58. The van der Waals surface area contributed by atoms with Gasteiger partial charge >= 0.3 is 5.63 Å². The number of rotatable bonds is 1. The van der Waals surface area contributed by atoms with Crippen LogP contribution in [0.25, 0.3) is 0 Å². The summed E-state index contributed by atoms with van der Waals surface area (Å²) in [5.41, 5.74) is 1.44. The molecule has 4 aliphatic carbocycles. The number of hydrogen-bond acceptors (Lipinski definition) is 4. The van der Waals surface area contributed by atoms with Gasteiger partial charge in [-0.3, -0.25) is 0 Å². The van der Waals surface area contributed by atoms with Crippen molar-refractivity contribution in [3.05, 3.63) is 34.4 Å². The van der Waals surface area contributed by atoms with Crippen LogP contribution in [0.5, 0.6) is 0 Å². The number of fused-ring (bicyclic) bond motifs is 3. The van der Waals surface area contributed by atoms with Crippen molar-refractivity contribution in [1.29, 1.82) is 0 Å². The summed E-state index contributed by atoms with van der Waals surface area (Å²) in [6.45, 7) is 4.97. The van der Waals surface area contributed by atoms with E-state index in [2.05, 4.69) is 13.8 Å². The fraction of sp³-hybridized carbons (Fsp3) is 0.792. The van der Waals surface area contributed by atoms with E-state index in [9.17, 15) is 9.90 Å². The highest BCUT2D eigenvalue weighted by Gasteiger charge is 2.80. The van der Waals surface area contributed by atoms with Crippen LogP contribution in [0.4, 0.5) is 0 Å². The molecule has 1 aliphatic heterocycles. The maximum atomic E-state index is 11.4. The molecule has 0 bridgehead atoms. The van der Waals surface area contributed by atoms with E-state index in [0.717, 1.165) is 25.2 Å². The van der Waals surface area contributed by atoms with Crippen molar-refractivity contribution in [1.82, 2.24) is 0 Å². The quantitative estimate of drug-likeness (QED) is 0.735. The van der Waals surface area contributed by atoms with E-state index in [0.29, 0.717) is 29.3 Å². The second-order valence-corrected chi connectivity index (χ2v) is 11.0. The summed E-state index contributed by atoms with van der Waals surface area (Å²) in [6, 6.07) is 3.55. The molecule has 1 saturated heterocycles. The summed E-state index contributed by atoms with van der Waals surface area (Å²) in [5.74, 6) is 2.48. The van der Waals surface area contributed by atoms with Crippen LogP contribution in [0.15, 0.2) is 27.6 Å². The van der Waals surface area contributed by atoms with Gasteiger partial charge in [0.25, 0.3) is 0 Å². The molecule has 0 amide bonds. The van der Waals surface area contributed by atoms with Gasteiger partial charge in [-0.25, -0.2) is 4.79 Å². The molecule has 4 saturated carbocycles. The minimum Gasteiger partial charge on any atom is -0.431 e. The summed E-state index contributed by atoms with van der Waals surface area (Å²) < 4.78 is 11.8. The topological polar surface area (TPSA) is 63.0 Å². The predicted octanol–water partition coefficient (Wildman–Crippen LogP) is 4.26. The van der Waals surface area contributed by atoms with Crippen LogP contribution < -0.4 is 5.63 Å². The van der Waals surface area contributed by atoms with Gasteiger partial charge in [-0.2, -0.15) is 0 Å². The molecule has 1 spiro atoms. The fourth-order valence-electron chi connectivity index (χ4n) is 8.74. The zero-order valence-electron chi connectivity index (χ0n) is 17.0. The lowest BCUT2D eigenvalue weighted by molar-refractivity contribution is -0.139. The van der Waals surface area contributed by atoms with Crippen LogP contribution in [0.2, 0.25) is 0 Å². The number of aliphatic hydroxyl groups excluding tert-OH is 1. The first-order chi connectivity index (χ1) is 13.4. The summed E-state index contributed by atoms with van der Waals surface area (Å²) in [5, 5.41) is 10.2. The molecule has 1 aromatic heterocycles. The van der Waals surface area contributed by atoms with E-state index in [1.54, 1.807) is 12.3 Å². The summed E-state index contributed by atoms with van der Waals surface area (Å²) in [4.78, 5) is 11.4. The van der Waals surface area contributed by atoms with Crippen molar-refractivity contribution in [2.45, 2.75) is 88.9 Å². The van der Waals surface area contributed by atoms with Crippen molar-refractivity contribution in [2.75, 3.05) is 0 Å². The van der Waals surface area contributed by atoms with Gasteiger partial charge < -0.3 is 14.3 Å². The highest BCUT2D eigenvalue weighted by atomic mass is 16.6. The van der Waals surface area contributed by atoms with Crippen molar-refractivity contribution in [2.24, 2.45) is 28.6 Å². The largest absolute Gasteiger partial charge is 0.431 e. The molecule has 9 atom stereocenters.